The summed E-state index contributed by atoms with van der Waals surface area (Å²) < 4.78 is 4.89. The molecule has 66 valence electrons. The van der Waals surface area contributed by atoms with Crippen LogP contribution in [0.5, 0.6) is 0 Å². The van der Waals surface area contributed by atoms with Crippen molar-refractivity contribution in [3.05, 3.63) is 0 Å². The van der Waals surface area contributed by atoms with Crippen LogP contribution >= 0.6 is 0 Å². The van der Waals surface area contributed by atoms with Crippen LogP contribution in [0.1, 0.15) is 34.6 Å². The van der Waals surface area contributed by atoms with Crippen LogP contribution in [0.4, 0.5) is 0 Å². The van der Waals surface area contributed by atoms with Gasteiger partial charge in [0, 0.05) is 6.92 Å². The number of esters is 1. The molecule has 1 unspecified atom stereocenters. The monoisotopic (exact) mass is 158 g/mol. The van der Waals surface area contributed by atoms with E-state index in [-0.39, 0.29) is 11.4 Å². The van der Waals surface area contributed by atoms with E-state index in [1.165, 1.54) is 6.92 Å². The zero-order valence-electron chi connectivity index (χ0n) is 8.10. The molecule has 0 aliphatic carbocycles. The number of hydrogen-bond acceptors (Lipinski definition) is 2. The van der Waals surface area contributed by atoms with Gasteiger partial charge < -0.3 is 4.74 Å². The lowest BCUT2D eigenvalue weighted by Crippen LogP contribution is -2.23. The number of rotatable bonds is 2. The molecular formula is C9H18O2. The highest BCUT2D eigenvalue weighted by Crippen LogP contribution is 2.25. The molecule has 2 heteroatoms. The fourth-order valence-electron chi connectivity index (χ4n) is 0.492. The molecule has 11 heavy (non-hydrogen) atoms. The minimum atomic E-state index is -0.193. The summed E-state index contributed by atoms with van der Waals surface area (Å²) in [5.74, 6) is 0.215. The Bertz CT molecular complexity index is 133. The van der Waals surface area contributed by atoms with Crippen molar-refractivity contribution in [2.45, 2.75) is 34.6 Å². The van der Waals surface area contributed by atoms with E-state index in [9.17, 15) is 4.79 Å². The number of ether oxygens (including phenoxy) is 1. The number of carbonyl (C=O) groups is 1. The maximum atomic E-state index is 10.5. The van der Waals surface area contributed by atoms with E-state index >= 15 is 0 Å². The number of hydrogen-bond donors (Lipinski definition) is 0. The normalized spacial score (nSPS) is 14.3. The average Bonchev–Trinajstić information content (AvgIpc) is 1.80. The molecule has 0 fully saturated rings. The molecule has 0 aliphatic heterocycles. The third kappa shape index (κ3) is 4.82. The van der Waals surface area contributed by atoms with Gasteiger partial charge in [-0.25, -0.2) is 0 Å². The van der Waals surface area contributed by atoms with Crippen LogP contribution in [0.15, 0.2) is 0 Å². The van der Waals surface area contributed by atoms with Crippen molar-refractivity contribution >= 4 is 5.97 Å². The van der Waals surface area contributed by atoms with Crippen LogP contribution in [0.25, 0.3) is 0 Å². The largest absolute Gasteiger partial charge is 0.466 e. The van der Waals surface area contributed by atoms with Gasteiger partial charge in [-0.15, -0.1) is 0 Å². The molecule has 0 aromatic heterocycles. The Balaban J connectivity index is 3.70. The van der Waals surface area contributed by atoms with E-state index in [1.807, 2.05) is 0 Å². The number of carbonyl (C=O) groups excluding carboxylic acids is 1. The first kappa shape index (κ1) is 10.5. The lowest BCUT2D eigenvalue weighted by molar-refractivity contribution is -0.143. The Morgan fingerprint density at radius 2 is 1.91 bits per heavy atom. The third-order valence-electron chi connectivity index (χ3n) is 2.01. The topological polar surface area (TPSA) is 26.3 Å². The van der Waals surface area contributed by atoms with Gasteiger partial charge in [-0.3, -0.25) is 4.79 Å². The molecule has 0 aromatic rings. The first-order valence-corrected chi connectivity index (χ1v) is 3.97. The highest BCUT2D eigenvalue weighted by molar-refractivity contribution is 5.65. The van der Waals surface area contributed by atoms with Gasteiger partial charge in [-0.2, -0.15) is 0 Å². The average molecular weight is 158 g/mol. The van der Waals surface area contributed by atoms with Crippen molar-refractivity contribution in [2.24, 2.45) is 11.3 Å². The zero-order chi connectivity index (χ0) is 9.07. The second-order valence-corrected chi connectivity index (χ2v) is 4.07. The predicted octanol–water partition coefficient (Wildman–Crippen LogP) is 2.23. The van der Waals surface area contributed by atoms with E-state index in [1.54, 1.807) is 0 Å². The van der Waals surface area contributed by atoms with E-state index < -0.39 is 0 Å². The minimum Gasteiger partial charge on any atom is -0.466 e. The first-order valence-electron chi connectivity index (χ1n) is 3.97. The fraction of sp³-hybridized carbons (Fsp3) is 0.889. The summed E-state index contributed by atoms with van der Waals surface area (Å²) in [7, 11) is 0. The molecule has 0 saturated carbocycles. The zero-order valence-corrected chi connectivity index (χ0v) is 8.10. The van der Waals surface area contributed by atoms with Gasteiger partial charge in [-0.05, 0) is 11.3 Å². The molecule has 0 bridgehead atoms. The predicted molar refractivity (Wildman–Crippen MR) is 45.3 cm³/mol. The van der Waals surface area contributed by atoms with Crippen LogP contribution in [0.2, 0.25) is 0 Å². The van der Waals surface area contributed by atoms with Crippen LogP contribution in [-0.2, 0) is 9.53 Å². The molecule has 0 aromatic carbocycles. The quantitative estimate of drug-likeness (QED) is 0.576. The van der Waals surface area contributed by atoms with E-state index in [0.717, 1.165) is 0 Å². The summed E-state index contributed by atoms with van der Waals surface area (Å²) in [5.41, 5.74) is 0.218. The smallest absolute Gasteiger partial charge is 0.302 e. The molecular weight excluding hydrogens is 140 g/mol. The highest BCUT2D eigenvalue weighted by Gasteiger charge is 2.20. The SMILES string of the molecule is CC(=O)OCC(C)C(C)(C)C. The summed E-state index contributed by atoms with van der Waals surface area (Å²) in [6.45, 7) is 10.5. The highest BCUT2D eigenvalue weighted by atomic mass is 16.5. The molecule has 0 heterocycles. The van der Waals surface area contributed by atoms with E-state index in [2.05, 4.69) is 27.7 Å². The molecule has 0 spiro atoms. The van der Waals surface area contributed by atoms with Crippen LogP contribution in [-0.4, -0.2) is 12.6 Å². The van der Waals surface area contributed by atoms with Crippen molar-refractivity contribution in [1.29, 1.82) is 0 Å². The maximum Gasteiger partial charge on any atom is 0.302 e. The molecule has 0 rings (SSSR count). The van der Waals surface area contributed by atoms with Crippen LogP contribution in [0, 0.1) is 11.3 Å². The Labute approximate surface area is 68.9 Å². The third-order valence-corrected chi connectivity index (χ3v) is 2.01. The Morgan fingerprint density at radius 1 is 1.45 bits per heavy atom. The van der Waals surface area contributed by atoms with Crippen LogP contribution in [0.3, 0.4) is 0 Å². The summed E-state index contributed by atoms with van der Waals surface area (Å²) in [5, 5.41) is 0. The summed E-state index contributed by atoms with van der Waals surface area (Å²) >= 11 is 0. The Morgan fingerprint density at radius 3 is 2.18 bits per heavy atom. The van der Waals surface area contributed by atoms with Gasteiger partial charge in [0.05, 0.1) is 6.61 Å². The second-order valence-electron chi connectivity index (χ2n) is 4.07. The van der Waals surface area contributed by atoms with Gasteiger partial charge in [0.2, 0.25) is 0 Å². The van der Waals surface area contributed by atoms with Gasteiger partial charge in [0.1, 0.15) is 0 Å². The molecule has 2 nitrogen and oxygen atoms in total. The summed E-state index contributed by atoms with van der Waals surface area (Å²) in [4.78, 5) is 10.5. The molecule has 0 aliphatic rings. The summed E-state index contributed by atoms with van der Waals surface area (Å²) in [6.07, 6.45) is 0. The summed E-state index contributed by atoms with van der Waals surface area (Å²) in [6, 6.07) is 0. The van der Waals surface area contributed by atoms with Gasteiger partial charge >= 0.3 is 5.97 Å². The molecule has 0 N–H and O–H groups in total. The van der Waals surface area contributed by atoms with Crippen LogP contribution < -0.4 is 0 Å². The fourth-order valence-corrected chi connectivity index (χ4v) is 0.492. The maximum absolute atomic E-state index is 10.5. The molecule has 1 atom stereocenters. The Kier molecular flexibility index (Phi) is 3.56. The van der Waals surface area contributed by atoms with Crippen molar-refractivity contribution < 1.29 is 9.53 Å². The molecule has 0 amide bonds. The van der Waals surface area contributed by atoms with Gasteiger partial charge in [0.15, 0.2) is 0 Å². The van der Waals surface area contributed by atoms with E-state index in [0.29, 0.717) is 12.5 Å². The Hall–Kier alpha value is -0.530. The van der Waals surface area contributed by atoms with Crippen molar-refractivity contribution in [3.8, 4) is 0 Å². The van der Waals surface area contributed by atoms with Crippen molar-refractivity contribution in [2.75, 3.05) is 6.61 Å². The second kappa shape index (κ2) is 3.74. The van der Waals surface area contributed by atoms with E-state index in [4.69, 9.17) is 4.74 Å². The van der Waals surface area contributed by atoms with Gasteiger partial charge in [-0.1, -0.05) is 27.7 Å². The van der Waals surface area contributed by atoms with Crippen molar-refractivity contribution in [1.82, 2.24) is 0 Å². The molecule has 0 radical (unpaired) electrons. The lowest BCUT2D eigenvalue weighted by Gasteiger charge is -2.26. The van der Waals surface area contributed by atoms with Gasteiger partial charge in [0.25, 0.3) is 0 Å². The standard InChI is InChI=1S/C9H18O2/c1-7(9(3,4)5)6-11-8(2)10/h7H,6H2,1-5H3. The lowest BCUT2D eigenvalue weighted by atomic mass is 9.83. The first-order chi connectivity index (χ1) is 4.84. The van der Waals surface area contributed by atoms with Crippen molar-refractivity contribution in [3.63, 3.8) is 0 Å². The molecule has 0 saturated heterocycles. The minimum absolute atomic E-state index is 0.193.